The minimum absolute atomic E-state index is 0.444. The summed E-state index contributed by atoms with van der Waals surface area (Å²) in [5.41, 5.74) is 1.40. The molecule has 34 heavy (non-hydrogen) atoms. The summed E-state index contributed by atoms with van der Waals surface area (Å²) >= 11 is 0. The van der Waals surface area contributed by atoms with Gasteiger partial charge in [0, 0.05) is 44.3 Å². The Morgan fingerprint density at radius 3 is 2.21 bits per heavy atom. The molecule has 4 bridgehead atoms. The lowest BCUT2D eigenvalue weighted by Crippen LogP contribution is -2.59. The van der Waals surface area contributed by atoms with E-state index in [2.05, 4.69) is 29.2 Å². The molecule has 1 aromatic rings. The molecule has 186 valence electrons. The molecule has 0 unspecified atom stereocenters. The number of rotatable bonds is 5. The number of morpholine rings is 1. The van der Waals surface area contributed by atoms with Crippen LogP contribution in [-0.2, 0) is 19.2 Å². The number of nitrogens with zero attached hydrogens (tertiary/aromatic N) is 1. The molecule has 0 radical (unpaired) electrons. The van der Waals surface area contributed by atoms with Crippen molar-refractivity contribution >= 4 is 0 Å². The molecule has 2 aliphatic heterocycles. The van der Waals surface area contributed by atoms with E-state index in [9.17, 15) is 0 Å². The Morgan fingerprint density at radius 1 is 0.853 bits per heavy atom. The highest BCUT2D eigenvalue weighted by Crippen LogP contribution is 2.64. The first-order chi connectivity index (χ1) is 16.7. The van der Waals surface area contributed by atoms with Crippen LogP contribution in [0.2, 0.25) is 0 Å². The van der Waals surface area contributed by atoms with E-state index < -0.39 is 11.6 Å². The highest BCUT2D eigenvalue weighted by Gasteiger charge is 2.66. The van der Waals surface area contributed by atoms with Gasteiger partial charge in [0.25, 0.3) is 0 Å². The summed E-state index contributed by atoms with van der Waals surface area (Å²) in [7, 11) is 0. The summed E-state index contributed by atoms with van der Waals surface area (Å²) in [6.07, 6.45) is 10.5. The minimum atomic E-state index is -0.519. The molecule has 8 rings (SSSR count). The van der Waals surface area contributed by atoms with Crippen molar-refractivity contribution in [2.75, 3.05) is 39.5 Å². The molecular weight excluding hydrogens is 430 g/mol. The molecule has 0 atom stereocenters. The molecule has 0 N–H and O–H groups in total. The molecule has 6 heteroatoms. The van der Waals surface area contributed by atoms with Gasteiger partial charge >= 0.3 is 0 Å². The van der Waals surface area contributed by atoms with Gasteiger partial charge in [0.1, 0.15) is 12.4 Å². The summed E-state index contributed by atoms with van der Waals surface area (Å²) in [5, 5.41) is 0. The summed E-state index contributed by atoms with van der Waals surface area (Å²) in [5.74, 6) is 3.43. The molecule has 6 nitrogen and oxygen atoms in total. The second kappa shape index (κ2) is 8.74. The Bertz CT molecular complexity index is 830. The molecule has 5 aliphatic carbocycles. The van der Waals surface area contributed by atoms with Gasteiger partial charge in [0.15, 0.2) is 0 Å². The lowest BCUT2D eigenvalue weighted by Gasteiger charge is -2.57. The van der Waals surface area contributed by atoms with Crippen molar-refractivity contribution < 1.29 is 24.0 Å². The summed E-state index contributed by atoms with van der Waals surface area (Å²) in [6.45, 7) is 5.37. The van der Waals surface area contributed by atoms with Gasteiger partial charge in [-0.1, -0.05) is 12.1 Å². The first-order valence-electron chi connectivity index (χ1n) is 13.8. The van der Waals surface area contributed by atoms with Crippen molar-refractivity contribution in [3.05, 3.63) is 29.8 Å². The number of hydrogen-bond acceptors (Lipinski definition) is 6. The minimum Gasteiger partial charge on any atom is -0.492 e. The Balaban J connectivity index is 0.928. The van der Waals surface area contributed by atoms with Gasteiger partial charge in [-0.25, -0.2) is 0 Å². The molecule has 0 aromatic heterocycles. The van der Waals surface area contributed by atoms with Crippen LogP contribution < -0.4 is 4.74 Å². The highest BCUT2D eigenvalue weighted by molar-refractivity contribution is 5.30. The standard InChI is InChI=1S/C28H39NO5/c1-3-26(31-14-11-29-9-12-30-13-10-29)4-2-22(1)23-5-7-27(8-6-23)32-28(34-33-27)24-16-20-15-21(18-24)19-25(28)17-20/h1-4,20-21,23-25H,5-19H2/t20?,21?,23?,24?,25?,27-,28-. The number of hydrogen-bond donors (Lipinski definition) is 0. The normalized spacial score (nSPS) is 43.7. The van der Waals surface area contributed by atoms with E-state index in [1.54, 1.807) is 0 Å². The van der Waals surface area contributed by atoms with Crippen molar-refractivity contribution in [1.29, 1.82) is 0 Å². The van der Waals surface area contributed by atoms with Crippen LogP contribution in [-0.4, -0.2) is 55.9 Å². The fraction of sp³-hybridized carbons (Fsp3) is 0.786. The zero-order chi connectivity index (χ0) is 22.6. The molecule has 7 aliphatic rings. The summed E-state index contributed by atoms with van der Waals surface area (Å²) in [6, 6.07) is 8.76. The number of benzene rings is 1. The van der Waals surface area contributed by atoms with E-state index in [1.807, 2.05) is 0 Å². The quantitative estimate of drug-likeness (QED) is 0.573. The molecule has 7 fully saturated rings. The Kier molecular flexibility index (Phi) is 5.67. The third kappa shape index (κ3) is 3.90. The predicted octanol–water partition coefficient (Wildman–Crippen LogP) is 4.88. The van der Waals surface area contributed by atoms with Crippen molar-refractivity contribution in [3.8, 4) is 5.75 Å². The highest BCUT2D eigenvalue weighted by atomic mass is 17.3. The van der Waals surface area contributed by atoms with Crippen LogP contribution >= 0.6 is 0 Å². The molecular formula is C28H39NO5. The molecule has 2 spiro atoms. The van der Waals surface area contributed by atoms with E-state index in [0.717, 1.165) is 82.7 Å². The summed E-state index contributed by atoms with van der Waals surface area (Å²) < 4.78 is 18.3. The smallest absolute Gasteiger partial charge is 0.210 e. The zero-order valence-corrected chi connectivity index (χ0v) is 20.3. The molecule has 0 amide bonds. The van der Waals surface area contributed by atoms with Crippen LogP contribution in [0.3, 0.4) is 0 Å². The van der Waals surface area contributed by atoms with Crippen LogP contribution in [0.4, 0.5) is 0 Å². The first kappa shape index (κ1) is 22.1. The van der Waals surface area contributed by atoms with E-state index in [4.69, 9.17) is 24.0 Å². The summed E-state index contributed by atoms with van der Waals surface area (Å²) in [4.78, 5) is 14.7. The maximum Gasteiger partial charge on any atom is 0.210 e. The van der Waals surface area contributed by atoms with Gasteiger partial charge in [-0.15, -0.1) is 0 Å². The third-order valence-corrected chi connectivity index (χ3v) is 9.82. The molecule has 1 aromatic carbocycles. The lowest BCUT2D eigenvalue weighted by molar-refractivity contribution is -0.390. The topological polar surface area (TPSA) is 49.4 Å². The molecule has 5 saturated carbocycles. The zero-order valence-electron chi connectivity index (χ0n) is 20.3. The van der Waals surface area contributed by atoms with Crippen molar-refractivity contribution in [1.82, 2.24) is 4.90 Å². The van der Waals surface area contributed by atoms with Crippen LogP contribution in [0.1, 0.15) is 69.3 Å². The Morgan fingerprint density at radius 2 is 1.53 bits per heavy atom. The fourth-order valence-electron chi connectivity index (χ4n) is 8.14. The van der Waals surface area contributed by atoms with Gasteiger partial charge in [-0.2, -0.15) is 9.78 Å². The lowest BCUT2D eigenvalue weighted by atomic mass is 9.53. The second-order valence-corrected chi connectivity index (χ2v) is 11.9. The molecule has 2 heterocycles. The average Bonchev–Trinajstić information content (AvgIpc) is 3.24. The van der Waals surface area contributed by atoms with Crippen molar-refractivity contribution in [2.24, 2.45) is 23.7 Å². The van der Waals surface area contributed by atoms with E-state index >= 15 is 0 Å². The fourth-order valence-corrected chi connectivity index (χ4v) is 8.14. The Labute approximate surface area is 203 Å². The second-order valence-electron chi connectivity index (χ2n) is 11.9. The van der Waals surface area contributed by atoms with Crippen molar-refractivity contribution in [2.45, 2.75) is 75.3 Å². The van der Waals surface area contributed by atoms with Crippen molar-refractivity contribution in [3.63, 3.8) is 0 Å². The van der Waals surface area contributed by atoms with Crippen LogP contribution in [0.15, 0.2) is 24.3 Å². The van der Waals surface area contributed by atoms with Crippen LogP contribution in [0, 0.1) is 23.7 Å². The van der Waals surface area contributed by atoms with Crippen LogP contribution in [0.25, 0.3) is 0 Å². The maximum absolute atomic E-state index is 6.88. The predicted molar refractivity (Wildman–Crippen MR) is 126 cm³/mol. The first-order valence-corrected chi connectivity index (χ1v) is 13.8. The van der Waals surface area contributed by atoms with Gasteiger partial charge in [0.2, 0.25) is 11.6 Å². The van der Waals surface area contributed by atoms with Crippen LogP contribution in [0.5, 0.6) is 5.75 Å². The monoisotopic (exact) mass is 469 g/mol. The average molecular weight is 470 g/mol. The van der Waals surface area contributed by atoms with Gasteiger partial charge in [-0.05, 0) is 80.4 Å². The van der Waals surface area contributed by atoms with Gasteiger partial charge < -0.3 is 14.2 Å². The Hall–Kier alpha value is -1.18. The van der Waals surface area contributed by atoms with Gasteiger partial charge in [0.05, 0.1) is 13.2 Å². The number of ether oxygens (including phenoxy) is 3. The van der Waals surface area contributed by atoms with E-state index in [-0.39, 0.29) is 0 Å². The van der Waals surface area contributed by atoms with E-state index in [1.165, 1.54) is 37.7 Å². The third-order valence-electron chi connectivity index (χ3n) is 9.82. The van der Waals surface area contributed by atoms with Gasteiger partial charge in [-0.3, -0.25) is 4.90 Å². The largest absolute Gasteiger partial charge is 0.492 e. The molecule has 2 saturated heterocycles. The maximum atomic E-state index is 6.88. The van der Waals surface area contributed by atoms with E-state index in [0.29, 0.717) is 17.8 Å². The SMILES string of the molecule is c1cc(C2CC[C@]3(CC2)OO[C@]2(O3)C3CC4CC(C3)CC2C4)ccc1OCCN1CCOCC1.